The van der Waals surface area contributed by atoms with Gasteiger partial charge in [-0.1, -0.05) is 72.8 Å². The summed E-state index contributed by atoms with van der Waals surface area (Å²) in [5, 5.41) is 2.14. The molecule has 0 N–H and O–H groups in total. The van der Waals surface area contributed by atoms with E-state index in [1.54, 1.807) is 12.1 Å². The summed E-state index contributed by atoms with van der Waals surface area (Å²) < 4.78 is 29.1. The fourth-order valence-electron chi connectivity index (χ4n) is 3.88. The van der Waals surface area contributed by atoms with Gasteiger partial charge in [0.05, 0.1) is 33.1 Å². The van der Waals surface area contributed by atoms with E-state index in [4.69, 9.17) is 6.57 Å². The molecule has 144 valence electrons. The second-order valence-corrected chi connectivity index (χ2v) is 8.86. The summed E-state index contributed by atoms with van der Waals surface area (Å²) in [6.45, 7) is 7.09. The van der Waals surface area contributed by atoms with Crippen LogP contribution in [0.1, 0.15) is 0 Å². The molecule has 0 fully saturated rings. The van der Waals surface area contributed by atoms with Crippen LogP contribution in [0, 0.1) is 6.57 Å². The van der Waals surface area contributed by atoms with E-state index in [1.807, 2.05) is 65.2 Å². The quantitative estimate of drug-likeness (QED) is 0.335. The molecule has 0 amide bonds. The Morgan fingerprint density at radius 2 is 1.20 bits per heavy atom. The van der Waals surface area contributed by atoms with Gasteiger partial charge in [-0.25, -0.2) is 13.3 Å². The standard InChI is InChI=1S/C25H16N2O2S/c1-26-18-14-16-19(17-15-18)30(28,29)25-13-7-6-12-24(25)27-22-10-4-2-8-20(22)21-9-3-5-11-23(21)27/h2-17H. The number of benzene rings is 4. The highest BCUT2D eigenvalue weighted by molar-refractivity contribution is 7.91. The summed E-state index contributed by atoms with van der Waals surface area (Å²) >= 11 is 0. The van der Waals surface area contributed by atoms with Crippen LogP contribution in [0.3, 0.4) is 0 Å². The lowest BCUT2D eigenvalue weighted by Gasteiger charge is -2.14. The van der Waals surface area contributed by atoms with Crippen molar-refractivity contribution in [3.63, 3.8) is 0 Å². The van der Waals surface area contributed by atoms with Crippen LogP contribution in [0.25, 0.3) is 32.3 Å². The first-order chi connectivity index (χ1) is 14.6. The Kier molecular flexibility index (Phi) is 4.16. The van der Waals surface area contributed by atoms with Crippen molar-refractivity contribution in [3.8, 4) is 5.69 Å². The Labute approximate surface area is 174 Å². The van der Waals surface area contributed by atoms with Crippen molar-refractivity contribution in [1.82, 2.24) is 4.57 Å². The number of hydrogen-bond donors (Lipinski definition) is 0. The lowest BCUT2D eigenvalue weighted by molar-refractivity contribution is 0.595. The highest BCUT2D eigenvalue weighted by Gasteiger charge is 2.23. The first-order valence-electron chi connectivity index (χ1n) is 9.41. The molecule has 0 atom stereocenters. The molecule has 30 heavy (non-hydrogen) atoms. The molecular formula is C25H16N2O2S. The molecular weight excluding hydrogens is 392 g/mol. The molecule has 0 radical (unpaired) electrons. The monoisotopic (exact) mass is 408 g/mol. The zero-order chi connectivity index (χ0) is 20.7. The zero-order valence-electron chi connectivity index (χ0n) is 15.9. The molecule has 0 aliphatic carbocycles. The number of para-hydroxylation sites is 3. The van der Waals surface area contributed by atoms with Crippen LogP contribution in [-0.4, -0.2) is 13.0 Å². The van der Waals surface area contributed by atoms with E-state index >= 15 is 0 Å². The molecule has 0 saturated carbocycles. The van der Waals surface area contributed by atoms with Gasteiger partial charge in [0.25, 0.3) is 0 Å². The van der Waals surface area contributed by atoms with Crippen molar-refractivity contribution in [2.24, 2.45) is 0 Å². The van der Waals surface area contributed by atoms with E-state index in [-0.39, 0.29) is 9.79 Å². The van der Waals surface area contributed by atoms with Gasteiger partial charge in [-0.3, -0.25) is 0 Å². The summed E-state index contributed by atoms with van der Waals surface area (Å²) in [5.41, 5.74) is 2.91. The number of nitrogens with zero attached hydrogens (tertiary/aromatic N) is 2. The fraction of sp³-hybridized carbons (Fsp3) is 0. The van der Waals surface area contributed by atoms with Crippen LogP contribution >= 0.6 is 0 Å². The van der Waals surface area contributed by atoms with Gasteiger partial charge in [0.2, 0.25) is 9.84 Å². The van der Waals surface area contributed by atoms with Crippen molar-refractivity contribution in [1.29, 1.82) is 0 Å². The van der Waals surface area contributed by atoms with E-state index in [1.165, 1.54) is 24.3 Å². The molecule has 0 unspecified atom stereocenters. The summed E-state index contributed by atoms with van der Waals surface area (Å²) in [6, 6.07) is 29.1. The summed E-state index contributed by atoms with van der Waals surface area (Å²) in [4.78, 5) is 3.74. The zero-order valence-corrected chi connectivity index (χ0v) is 16.7. The Bertz CT molecular complexity index is 1500. The molecule has 5 aromatic rings. The maximum Gasteiger partial charge on any atom is 0.208 e. The number of fused-ring (bicyclic) bond motifs is 3. The third-order valence-corrected chi connectivity index (χ3v) is 7.07. The Hall–Kier alpha value is -3.88. The van der Waals surface area contributed by atoms with Crippen LogP contribution in [-0.2, 0) is 9.84 Å². The van der Waals surface area contributed by atoms with Crippen molar-refractivity contribution in [3.05, 3.63) is 108 Å². The second kappa shape index (κ2) is 6.87. The molecule has 4 nitrogen and oxygen atoms in total. The fourth-order valence-corrected chi connectivity index (χ4v) is 5.32. The summed E-state index contributed by atoms with van der Waals surface area (Å²) in [5.74, 6) is 0. The molecule has 5 heteroatoms. The molecule has 4 aromatic carbocycles. The van der Waals surface area contributed by atoms with E-state index in [0.717, 1.165) is 21.8 Å². The van der Waals surface area contributed by atoms with Crippen LogP contribution < -0.4 is 0 Å². The molecule has 0 bridgehead atoms. The summed E-state index contributed by atoms with van der Waals surface area (Å²) in [6.07, 6.45) is 0. The van der Waals surface area contributed by atoms with Gasteiger partial charge in [0, 0.05) is 10.8 Å². The minimum absolute atomic E-state index is 0.170. The Balaban J connectivity index is 1.82. The van der Waals surface area contributed by atoms with Crippen molar-refractivity contribution < 1.29 is 8.42 Å². The SMILES string of the molecule is [C-]#[N+]c1ccc(S(=O)(=O)c2ccccc2-n2c3ccccc3c3ccccc32)cc1. The largest absolute Gasteiger partial charge is 0.308 e. The van der Waals surface area contributed by atoms with Crippen LogP contribution in [0.4, 0.5) is 5.69 Å². The topological polar surface area (TPSA) is 43.4 Å². The highest BCUT2D eigenvalue weighted by Crippen LogP contribution is 2.35. The maximum absolute atomic E-state index is 13.5. The van der Waals surface area contributed by atoms with Gasteiger partial charge in [0.1, 0.15) is 0 Å². The molecule has 0 aliphatic rings. The summed E-state index contributed by atoms with van der Waals surface area (Å²) in [7, 11) is -3.78. The molecule has 5 rings (SSSR count). The Morgan fingerprint density at radius 1 is 0.667 bits per heavy atom. The molecule has 1 heterocycles. The lowest BCUT2D eigenvalue weighted by atomic mass is 10.2. The number of sulfone groups is 1. The van der Waals surface area contributed by atoms with Gasteiger partial charge >= 0.3 is 0 Å². The highest BCUT2D eigenvalue weighted by atomic mass is 32.2. The number of hydrogen-bond acceptors (Lipinski definition) is 2. The van der Waals surface area contributed by atoms with Crippen LogP contribution in [0.2, 0.25) is 0 Å². The second-order valence-electron chi connectivity index (χ2n) is 6.95. The first kappa shape index (κ1) is 18.2. The number of rotatable bonds is 3. The van der Waals surface area contributed by atoms with Gasteiger partial charge in [-0.2, -0.15) is 0 Å². The molecule has 0 saturated heterocycles. The average molecular weight is 408 g/mol. The first-order valence-corrected chi connectivity index (χ1v) is 10.9. The molecule has 0 spiro atoms. The smallest absolute Gasteiger partial charge is 0.208 e. The molecule has 0 aliphatic heterocycles. The van der Waals surface area contributed by atoms with E-state index in [0.29, 0.717) is 11.4 Å². The van der Waals surface area contributed by atoms with E-state index in [2.05, 4.69) is 4.85 Å². The third kappa shape index (κ3) is 2.70. The van der Waals surface area contributed by atoms with Crippen molar-refractivity contribution >= 4 is 37.3 Å². The third-order valence-electron chi connectivity index (χ3n) is 5.25. The van der Waals surface area contributed by atoms with Crippen LogP contribution in [0.5, 0.6) is 0 Å². The van der Waals surface area contributed by atoms with Gasteiger partial charge in [-0.05, 0) is 24.3 Å². The Morgan fingerprint density at radius 3 is 1.80 bits per heavy atom. The maximum atomic E-state index is 13.5. The van der Waals surface area contributed by atoms with Gasteiger partial charge in [0.15, 0.2) is 5.69 Å². The minimum Gasteiger partial charge on any atom is -0.308 e. The minimum atomic E-state index is -3.78. The van der Waals surface area contributed by atoms with E-state index in [9.17, 15) is 8.42 Å². The predicted octanol–water partition coefficient (Wildman–Crippen LogP) is 6.17. The van der Waals surface area contributed by atoms with Crippen molar-refractivity contribution in [2.45, 2.75) is 9.79 Å². The predicted molar refractivity (Wildman–Crippen MR) is 119 cm³/mol. The lowest BCUT2D eigenvalue weighted by Crippen LogP contribution is -2.07. The van der Waals surface area contributed by atoms with Gasteiger partial charge in [-0.15, -0.1) is 0 Å². The van der Waals surface area contributed by atoms with Gasteiger partial charge < -0.3 is 4.57 Å². The van der Waals surface area contributed by atoms with Crippen LogP contribution in [0.15, 0.2) is 107 Å². The van der Waals surface area contributed by atoms with Crippen molar-refractivity contribution in [2.75, 3.05) is 0 Å². The average Bonchev–Trinajstić information content (AvgIpc) is 3.13. The molecule has 1 aromatic heterocycles. The number of aromatic nitrogens is 1. The van der Waals surface area contributed by atoms with E-state index < -0.39 is 9.84 Å². The normalized spacial score (nSPS) is 11.6.